The summed E-state index contributed by atoms with van der Waals surface area (Å²) in [4.78, 5) is 14.4. The van der Waals surface area contributed by atoms with Crippen molar-refractivity contribution in [3.05, 3.63) is 12.2 Å². The van der Waals surface area contributed by atoms with Crippen LogP contribution in [-0.2, 0) is 9.53 Å². The zero-order valence-electron chi connectivity index (χ0n) is 5.83. The van der Waals surface area contributed by atoms with Crippen molar-refractivity contribution in [3.8, 4) is 0 Å². The van der Waals surface area contributed by atoms with Crippen LogP contribution in [0.3, 0.4) is 0 Å². The summed E-state index contributed by atoms with van der Waals surface area (Å²) in [5, 5.41) is 0. The smallest absolute Gasteiger partial charge is 0.337 e. The van der Waals surface area contributed by atoms with E-state index in [1.807, 2.05) is 6.92 Å². The van der Waals surface area contributed by atoms with Crippen molar-refractivity contribution in [2.75, 3.05) is 6.54 Å². The fraction of sp³-hybridized carbons (Fsp3) is 0.429. The monoisotopic (exact) mass is 139 g/mol. The Kier molecular flexibility index (Phi) is 2.20. The second kappa shape index (κ2) is 3.15. The minimum absolute atomic E-state index is 0.324. The molecule has 1 rings (SSSR count). The molecule has 0 radical (unpaired) electrons. The molecule has 0 saturated carbocycles. The molecule has 54 valence electrons. The second-order valence-electron chi connectivity index (χ2n) is 1.97. The van der Waals surface area contributed by atoms with Crippen LogP contribution in [0.5, 0.6) is 0 Å². The van der Waals surface area contributed by atoms with E-state index in [1.165, 1.54) is 6.08 Å². The number of aliphatic imine (C=N–C) groups is 1. The lowest BCUT2D eigenvalue weighted by molar-refractivity contribution is -0.129. The van der Waals surface area contributed by atoms with Crippen molar-refractivity contribution >= 4 is 11.9 Å². The van der Waals surface area contributed by atoms with Crippen LogP contribution in [0.4, 0.5) is 0 Å². The van der Waals surface area contributed by atoms with E-state index in [0.29, 0.717) is 12.4 Å². The van der Waals surface area contributed by atoms with E-state index in [2.05, 4.69) is 9.73 Å². The molecule has 3 heteroatoms. The molecule has 1 heterocycles. The molecule has 0 aliphatic carbocycles. The van der Waals surface area contributed by atoms with Crippen LogP contribution in [0.1, 0.15) is 13.3 Å². The van der Waals surface area contributed by atoms with Crippen LogP contribution in [-0.4, -0.2) is 18.4 Å². The molecule has 0 bridgehead atoms. The Balaban J connectivity index is 2.45. The molecule has 0 aromatic heterocycles. The van der Waals surface area contributed by atoms with Gasteiger partial charge in [-0.2, -0.15) is 0 Å². The Hall–Kier alpha value is -1.12. The van der Waals surface area contributed by atoms with Crippen molar-refractivity contribution < 1.29 is 9.53 Å². The summed E-state index contributed by atoms with van der Waals surface area (Å²) in [7, 11) is 0. The summed E-state index contributed by atoms with van der Waals surface area (Å²) in [6.07, 6.45) is 3.92. The van der Waals surface area contributed by atoms with E-state index >= 15 is 0 Å². The molecular weight excluding hydrogens is 130 g/mol. The minimum atomic E-state index is -0.324. The maximum atomic E-state index is 10.4. The Bertz CT molecular complexity index is 194. The van der Waals surface area contributed by atoms with Gasteiger partial charge in [0, 0.05) is 18.7 Å². The molecule has 0 fully saturated rings. The van der Waals surface area contributed by atoms with Crippen molar-refractivity contribution in [2.45, 2.75) is 13.3 Å². The number of esters is 1. The van der Waals surface area contributed by atoms with Crippen molar-refractivity contribution in [1.82, 2.24) is 0 Å². The first-order valence-corrected chi connectivity index (χ1v) is 3.27. The van der Waals surface area contributed by atoms with Crippen LogP contribution >= 0.6 is 0 Å². The first kappa shape index (κ1) is 6.99. The molecule has 0 aromatic carbocycles. The molecular formula is C7H9NO2. The van der Waals surface area contributed by atoms with Crippen LogP contribution in [0.15, 0.2) is 17.1 Å². The summed E-state index contributed by atoms with van der Waals surface area (Å²) in [6.45, 7) is 2.73. The van der Waals surface area contributed by atoms with Crippen molar-refractivity contribution in [2.24, 2.45) is 4.99 Å². The molecule has 0 unspecified atom stereocenters. The number of cyclic esters (lactones) is 1. The lowest BCUT2D eigenvalue weighted by Crippen LogP contribution is -1.99. The first-order chi connectivity index (χ1) is 4.83. The lowest BCUT2D eigenvalue weighted by Gasteiger charge is -1.92. The van der Waals surface area contributed by atoms with Gasteiger partial charge >= 0.3 is 5.97 Å². The molecule has 10 heavy (non-hydrogen) atoms. The largest absolute Gasteiger partial charge is 0.405 e. The highest BCUT2D eigenvalue weighted by molar-refractivity contribution is 6.07. The van der Waals surface area contributed by atoms with Gasteiger partial charge in [-0.15, -0.1) is 0 Å². The summed E-state index contributed by atoms with van der Waals surface area (Å²) in [6, 6.07) is 0. The maximum Gasteiger partial charge on any atom is 0.337 e. The predicted octanol–water partition coefficient (Wildman–Crippen LogP) is 0.908. The molecule has 1 aliphatic rings. The van der Waals surface area contributed by atoms with Gasteiger partial charge in [0.1, 0.15) is 0 Å². The van der Waals surface area contributed by atoms with Gasteiger partial charge in [0.05, 0.1) is 0 Å². The third-order valence-electron chi connectivity index (χ3n) is 1.06. The summed E-state index contributed by atoms with van der Waals surface area (Å²) >= 11 is 0. The quantitative estimate of drug-likeness (QED) is 0.533. The highest BCUT2D eigenvalue weighted by Gasteiger charge is 2.09. The molecule has 1 aliphatic heterocycles. The Morgan fingerprint density at radius 3 is 2.90 bits per heavy atom. The number of carbonyl (C=O) groups excluding carboxylic acids is 1. The van der Waals surface area contributed by atoms with Gasteiger partial charge in [0.15, 0.2) is 0 Å². The highest BCUT2D eigenvalue weighted by atomic mass is 16.5. The first-order valence-electron chi connectivity index (χ1n) is 3.27. The fourth-order valence-electron chi connectivity index (χ4n) is 0.617. The van der Waals surface area contributed by atoms with E-state index in [4.69, 9.17) is 0 Å². The van der Waals surface area contributed by atoms with Crippen LogP contribution < -0.4 is 0 Å². The molecule has 0 aromatic rings. The molecule has 0 amide bonds. The van der Waals surface area contributed by atoms with Gasteiger partial charge in [0.2, 0.25) is 5.90 Å². The van der Waals surface area contributed by atoms with Gasteiger partial charge in [-0.25, -0.2) is 4.79 Å². The molecule has 3 nitrogen and oxygen atoms in total. The fourth-order valence-corrected chi connectivity index (χ4v) is 0.617. The van der Waals surface area contributed by atoms with E-state index in [0.717, 1.165) is 6.42 Å². The Morgan fingerprint density at radius 1 is 1.60 bits per heavy atom. The zero-order valence-corrected chi connectivity index (χ0v) is 5.83. The molecule has 0 N–H and O–H groups in total. The van der Waals surface area contributed by atoms with Gasteiger partial charge in [-0.3, -0.25) is 4.99 Å². The minimum Gasteiger partial charge on any atom is -0.405 e. The van der Waals surface area contributed by atoms with E-state index in [9.17, 15) is 4.79 Å². The molecule has 0 spiro atoms. The number of hydrogen-bond donors (Lipinski definition) is 0. The summed E-state index contributed by atoms with van der Waals surface area (Å²) in [5.41, 5.74) is 0. The number of ether oxygens (including phenoxy) is 1. The lowest BCUT2D eigenvalue weighted by atomic mass is 10.5. The van der Waals surface area contributed by atoms with Gasteiger partial charge in [-0.05, 0) is 6.42 Å². The average molecular weight is 139 g/mol. The van der Waals surface area contributed by atoms with Gasteiger partial charge in [0.25, 0.3) is 0 Å². The predicted molar refractivity (Wildman–Crippen MR) is 37.8 cm³/mol. The molecule has 0 saturated heterocycles. The number of carbonyl (C=O) groups is 1. The average Bonchev–Trinajstić information content (AvgIpc) is 2.31. The molecule has 0 atom stereocenters. The number of hydrogen-bond acceptors (Lipinski definition) is 3. The maximum absolute atomic E-state index is 10.4. The third-order valence-corrected chi connectivity index (χ3v) is 1.06. The van der Waals surface area contributed by atoms with Gasteiger partial charge < -0.3 is 4.74 Å². The topological polar surface area (TPSA) is 38.7 Å². The van der Waals surface area contributed by atoms with E-state index < -0.39 is 0 Å². The third kappa shape index (κ3) is 1.69. The summed E-state index contributed by atoms with van der Waals surface area (Å²) in [5.74, 6) is 0.113. The van der Waals surface area contributed by atoms with E-state index in [-0.39, 0.29) is 5.97 Å². The van der Waals surface area contributed by atoms with Crippen molar-refractivity contribution in [3.63, 3.8) is 0 Å². The van der Waals surface area contributed by atoms with Crippen LogP contribution in [0, 0.1) is 0 Å². The zero-order chi connectivity index (χ0) is 7.40. The standard InChI is InChI=1S/C7H9NO2/c1-2-5-8-6-3-4-7(9)10-6/h3-4H,2,5H2,1H3. The van der Waals surface area contributed by atoms with Crippen molar-refractivity contribution in [1.29, 1.82) is 0 Å². The highest BCUT2D eigenvalue weighted by Crippen LogP contribution is 1.97. The van der Waals surface area contributed by atoms with Crippen LogP contribution in [0.2, 0.25) is 0 Å². The Labute approximate surface area is 59.4 Å². The van der Waals surface area contributed by atoms with Crippen LogP contribution in [0.25, 0.3) is 0 Å². The normalized spacial score (nSPS) is 20.1. The number of nitrogens with zero attached hydrogens (tertiary/aromatic N) is 1. The summed E-state index contributed by atoms with van der Waals surface area (Å²) < 4.78 is 4.66. The Morgan fingerprint density at radius 2 is 2.40 bits per heavy atom. The SMILES string of the molecule is CCCN=C1C=CC(=O)O1. The van der Waals surface area contributed by atoms with E-state index in [1.54, 1.807) is 6.08 Å². The van der Waals surface area contributed by atoms with Gasteiger partial charge in [-0.1, -0.05) is 6.92 Å². The second-order valence-corrected chi connectivity index (χ2v) is 1.97. The number of rotatable bonds is 2.